The van der Waals surface area contributed by atoms with E-state index in [1.165, 1.54) is 0 Å². The van der Waals surface area contributed by atoms with Crippen molar-refractivity contribution in [3.05, 3.63) is 53.3 Å². The number of nitrogens with zero attached hydrogens (tertiary/aromatic N) is 2. The van der Waals surface area contributed by atoms with Crippen molar-refractivity contribution in [1.29, 1.82) is 0 Å². The number of hydrogen-bond donors (Lipinski definition) is 2. The average molecular weight is 256 g/mol. The average Bonchev–Trinajstić information content (AvgIpc) is 2.40. The minimum atomic E-state index is -0.512. The van der Waals surface area contributed by atoms with Crippen molar-refractivity contribution < 1.29 is 9.59 Å². The second kappa shape index (κ2) is 5.26. The van der Waals surface area contributed by atoms with Crippen molar-refractivity contribution in [1.82, 2.24) is 10.2 Å². The third-order valence-corrected chi connectivity index (χ3v) is 2.46. The summed E-state index contributed by atoms with van der Waals surface area (Å²) in [4.78, 5) is 22.7. The van der Waals surface area contributed by atoms with Gasteiger partial charge in [0.15, 0.2) is 5.69 Å². The molecule has 3 N–H and O–H groups in total. The molecule has 6 nitrogen and oxygen atoms in total. The van der Waals surface area contributed by atoms with Crippen LogP contribution < -0.4 is 11.1 Å². The molecule has 0 radical (unpaired) electrons. The second-order valence-electron chi connectivity index (χ2n) is 3.96. The molecule has 0 aliphatic heterocycles. The fourth-order valence-corrected chi connectivity index (χ4v) is 1.43. The van der Waals surface area contributed by atoms with E-state index in [4.69, 9.17) is 5.73 Å². The molecule has 0 unspecified atom stereocenters. The van der Waals surface area contributed by atoms with Gasteiger partial charge in [0.1, 0.15) is 0 Å². The minimum absolute atomic E-state index is 0.226. The third-order valence-electron chi connectivity index (χ3n) is 2.46. The van der Waals surface area contributed by atoms with E-state index in [-0.39, 0.29) is 11.6 Å². The lowest BCUT2D eigenvalue weighted by molar-refractivity contribution is 0.0997. The van der Waals surface area contributed by atoms with Crippen LogP contribution >= 0.6 is 0 Å². The summed E-state index contributed by atoms with van der Waals surface area (Å²) in [6.07, 6.45) is 0. The number of amides is 2. The van der Waals surface area contributed by atoms with Crippen molar-refractivity contribution in [2.24, 2.45) is 5.73 Å². The molecule has 2 amide bonds. The maximum absolute atomic E-state index is 11.8. The highest BCUT2D eigenvalue weighted by Gasteiger charge is 2.08. The summed E-state index contributed by atoms with van der Waals surface area (Å²) in [6, 6.07) is 9.57. The van der Waals surface area contributed by atoms with Crippen LogP contribution in [0, 0.1) is 6.92 Å². The van der Waals surface area contributed by atoms with Gasteiger partial charge in [-0.1, -0.05) is 0 Å². The van der Waals surface area contributed by atoms with Crippen LogP contribution in [0.5, 0.6) is 0 Å². The maximum Gasteiger partial charge on any atom is 0.276 e. The van der Waals surface area contributed by atoms with E-state index in [1.54, 1.807) is 43.3 Å². The lowest BCUT2D eigenvalue weighted by Gasteiger charge is -2.04. The van der Waals surface area contributed by atoms with Crippen LogP contribution in [0.25, 0.3) is 0 Å². The first-order valence-electron chi connectivity index (χ1n) is 5.58. The monoisotopic (exact) mass is 256 g/mol. The second-order valence-corrected chi connectivity index (χ2v) is 3.96. The number of primary amides is 1. The molecular formula is C13H12N4O2. The first-order valence-corrected chi connectivity index (χ1v) is 5.58. The van der Waals surface area contributed by atoms with Crippen LogP contribution in [0.4, 0.5) is 5.69 Å². The van der Waals surface area contributed by atoms with E-state index in [0.717, 1.165) is 5.69 Å². The molecule has 0 saturated carbocycles. The van der Waals surface area contributed by atoms with Gasteiger partial charge in [-0.15, -0.1) is 5.10 Å². The molecule has 0 fully saturated rings. The fourth-order valence-electron chi connectivity index (χ4n) is 1.43. The number of carbonyl (C=O) groups excluding carboxylic acids is 2. The van der Waals surface area contributed by atoms with Gasteiger partial charge in [-0.05, 0) is 43.3 Å². The summed E-state index contributed by atoms with van der Waals surface area (Å²) in [5.74, 6) is -0.874. The van der Waals surface area contributed by atoms with Crippen molar-refractivity contribution in [3.8, 4) is 0 Å². The van der Waals surface area contributed by atoms with Gasteiger partial charge in [0.05, 0.1) is 5.69 Å². The Labute approximate surface area is 109 Å². The topological polar surface area (TPSA) is 98.0 Å². The Morgan fingerprint density at radius 2 is 1.74 bits per heavy atom. The van der Waals surface area contributed by atoms with E-state index in [2.05, 4.69) is 15.5 Å². The smallest absolute Gasteiger partial charge is 0.276 e. The zero-order valence-corrected chi connectivity index (χ0v) is 10.3. The molecule has 96 valence electrons. The number of carbonyl (C=O) groups is 2. The summed E-state index contributed by atoms with van der Waals surface area (Å²) < 4.78 is 0. The molecular weight excluding hydrogens is 244 g/mol. The highest BCUT2D eigenvalue weighted by Crippen LogP contribution is 2.10. The minimum Gasteiger partial charge on any atom is -0.366 e. The molecule has 6 heteroatoms. The molecule has 0 aliphatic carbocycles. The molecule has 2 aromatic rings. The van der Waals surface area contributed by atoms with E-state index in [0.29, 0.717) is 11.3 Å². The van der Waals surface area contributed by atoms with Gasteiger partial charge in [-0.2, -0.15) is 5.10 Å². The Morgan fingerprint density at radius 1 is 1.05 bits per heavy atom. The van der Waals surface area contributed by atoms with Crippen molar-refractivity contribution >= 4 is 17.5 Å². The Hall–Kier alpha value is -2.76. The zero-order valence-electron chi connectivity index (χ0n) is 10.3. The van der Waals surface area contributed by atoms with Crippen molar-refractivity contribution in [3.63, 3.8) is 0 Å². The van der Waals surface area contributed by atoms with E-state index in [9.17, 15) is 9.59 Å². The van der Waals surface area contributed by atoms with E-state index < -0.39 is 5.91 Å². The van der Waals surface area contributed by atoms with Crippen molar-refractivity contribution in [2.75, 3.05) is 5.32 Å². The molecule has 1 aromatic heterocycles. The lowest BCUT2D eigenvalue weighted by Crippen LogP contribution is -2.15. The standard InChI is InChI=1S/C13H12N4O2/c1-8-2-7-11(17-16-8)13(19)15-10-5-3-9(4-6-10)12(14)18/h2-7H,1H3,(H2,14,18)(H,15,19). The van der Waals surface area contributed by atoms with Crippen molar-refractivity contribution in [2.45, 2.75) is 6.92 Å². The molecule has 2 rings (SSSR count). The molecule has 1 heterocycles. The lowest BCUT2D eigenvalue weighted by atomic mass is 10.2. The highest BCUT2D eigenvalue weighted by molar-refractivity contribution is 6.03. The maximum atomic E-state index is 11.8. The number of hydrogen-bond acceptors (Lipinski definition) is 4. The van der Waals surface area contributed by atoms with Crippen LogP contribution in [-0.2, 0) is 0 Å². The SMILES string of the molecule is Cc1ccc(C(=O)Nc2ccc(C(N)=O)cc2)nn1. The summed E-state index contributed by atoms with van der Waals surface area (Å²) >= 11 is 0. The number of anilines is 1. The predicted octanol–water partition coefficient (Wildman–Crippen LogP) is 1.14. The first kappa shape index (κ1) is 12.7. The number of rotatable bonds is 3. The fraction of sp³-hybridized carbons (Fsp3) is 0.0769. The van der Waals surface area contributed by atoms with Crippen LogP contribution in [-0.4, -0.2) is 22.0 Å². The Kier molecular flexibility index (Phi) is 3.51. The van der Waals surface area contributed by atoms with Crippen LogP contribution in [0.3, 0.4) is 0 Å². The summed E-state index contributed by atoms with van der Waals surface area (Å²) in [5, 5.41) is 10.2. The molecule has 1 aromatic carbocycles. The van der Waals surface area contributed by atoms with Gasteiger partial charge < -0.3 is 11.1 Å². The number of aromatic nitrogens is 2. The Morgan fingerprint density at radius 3 is 2.26 bits per heavy atom. The van der Waals surface area contributed by atoms with Gasteiger partial charge in [-0.25, -0.2) is 0 Å². The number of nitrogens with one attached hydrogen (secondary N) is 1. The van der Waals surface area contributed by atoms with Gasteiger partial charge in [0.25, 0.3) is 5.91 Å². The number of nitrogens with two attached hydrogens (primary N) is 1. The largest absolute Gasteiger partial charge is 0.366 e. The molecule has 0 saturated heterocycles. The Bertz CT molecular complexity index is 606. The first-order chi connectivity index (χ1) is 9.06. The van der Waals surface area contributed by atoms with Crippen LogP contribution in [0.1, 0.15) is 26.5 Å². The summed E-state index contributed by atoms with van der Waals surface area (Å²) in [6.45, 7) is 1.79. The molecule has 0 aliphatic rings. The summed E-state index contributed by atoms with van der Waals surface area (Å²) in [5.41, 5.74) is 7.03. The van der Waals surface area contributed by atoms with Gasteiger partial charge >= 0.3 is 0 Å². The normalized spacial score (nSPS) is 9.95. The third kappa shape index (κ3) is 3.12. The predicted molar refractivity (Wildman–Crippen MR) is 69.7 cm³/mol. The van der Waals surface area contributed by atoms with Gasteiger partial charge in [0, 0.05) is 11.3 Å². The quantitative estimate of drug-likeness (QED) is 0.860. The number of aryl methyl sites for hydroxylation is 1. The van der Waals surface area contributed by atoms with Crippen LogP contribution in [0.2, 0.25) is 0 Å². The van der Waals surface area contributed by atoms with E-state index in [1.807, 2.05) is 0 Å². The van der Waals surface area contributed by atoms with Crippen LogP contribution in [0.15, 0.2) is 36.4 Å². The van der Waals surface area contributed by atoms with Gasteiger partial charge in [-0.3, -0.25) is 9.59 Å². The highest BCUT2D eigenvalue weighted by atomic mass is 16.2. The zero-order chi connectivity index (χ0) is 13.8. The molecule has 0 spiro atoms. The van der Waals surface area contributed by atoms with E-state index >= 15 is 0 Å². The van der Waals surface area contributed by atoms with Gasteiger partial charge in [0.2, 0.25) is 5.91 Å². The molecule has 0 atom stereocenters. The Balaban J connectivity index is 2.10. The summed E-state index contributed by atoms with van der Waals surface area (Å²) in [7, 11) is 0. The molecule has 0 bridgehead atoms. The number of benzene rings is 1. The molecule has 19 heavy (non-hydrogen) atoms.